The molecule has 0 aromatic rings. The van der Waals surface area contributed by atoms with E-state index in [1.807, 2.05) is 0 Å². The van der Waals surface area contributed by atoms with Crippen LogP contribution in [0.5, 0.6) is 0 Å². The molecule has 0 saturated carbocycles. The van der Waals surface area contributed by atoms with Crippen LogP contribution in [0.4, 0.5) is 0 Å². The number of hydrogen-bond acceptors (Lipinski definition) is 1. The summed E-state index contributed by atoms with van der Waals surface area (Å²) in [4.78, 5) is 0. The van der Waals surface area contributed by atoms with Crippen LogP contribution in [0, 0.1) is 5.92 Å². The molecule has 98 valence electrons. The van der Waals surface area contributed by atoms with Crippen LogP contribution in [-0.2, 0) is 0 Å². The van der Waals surface area contributed by atoms with Crippen molar-refractivity contribution in [2.75, 3.05) is 13.1 Å². The summed E-state index contributed by atoms with van der Waals surface area (Å²) in [7, 11) is 0. The molecule has 0 aromatic carbocycles. The van der Waals surface area contributed by atoms with Gasteiger partial charge in [-0.15, -0.1) is 0 Å². The molecular weight excluding hydrogens is 194 g/mol. The van der Waals surface area contributed by atoms with Crippen molar-refractivity contribution in [3.05, 3.63) is 0 Å². The Bertz CT molecular complexity index is 117. The lowest BCUT2D eigenvalue weighted by atomic mass is 9.93. The molecule has 0 amide bonds. The van der Waals surface area contributed by atoms with Crippen molar-refractivity contribution in [2.45, 2.75) is 78.6 Å². The highest BCUT2D eigenvalue weighted by Crippen LogP contribution is 2.19. The SMILES string of the molecule is CCCCNCCCCC(CCC)CCC. The molecule has 0 aliphatic rings. The van der Waals surface area contributed by atoms with Gasteiger partial charge >= 0.3 is 0 Å². The summed E-state index contributed by atoms with van der Waals surface area (Å²) < 4.78 is 0. The standard InChI is InChI=1S/C15H33N/c1-4-7-13-16-14-9-8-12-15(10-5-2)11-6-3/h15-16H,4-14H2,1-3H3. The number of nitrogens with one attached hydrogen (secondary N) is 1. The van der Waals surface area contributed by atoms with Gasteiger partial charge in [0.05, 0.1) is 0 Å². The van der Waals surface area contributed by atoms with Crippen molar-refractivity contribution < 1.29 is 0 Å². The smallest absolute Gasteiger partial charge is 0.00489 e. The molecule has 16 heavy (non-hydrogen) atoms. The van der Waals surface area contributed by atoms with Crippen LogP contribution in [-0.4, -0.2) is 13.1 Å². The van der Waals surface area contributed by atoms with E-state index in [1.165, 1.54) is 70.9 Å². The summed E-state index contributed by atoms with van der Waals surface area (Å²) in [6.07, 6.45) is 12.5. The van der Waals surface area contributed by atoms with Gasteiger partial charge in [-0.05, 0) is 31.8 Å². The summed E-state index contributed by atoms with van der Waals surface area (Å²) in [5.74, 6) is 1.01. The molecule has 1 heteroatoms. The fourth-order valence-corrected chi connectivity index (χ4v) is 2.36. The van der Waals surface area contributed by atoms with Gasteiger partial charge in [0.1, 0.15) is 0 Å². The molecule has 0 saturated heterocycles. The minimum Gasteiger partial charge on any atom is -0.317 e. The molecule has 0 aliphatic heterocycles. The quantitative estimate of drug-likeness (QED) is 0.474. The summed E-state index contributed by atoms with van der Waals surface area (Å²) in [5, 5.41) is 3.52. The highest BCUT2D eigenvalue weighted by atomic mass is 14.8. The third kappa shape index (κ3) is 10.5. The first-order chi connectivity index (χ1) is 7.85. The largest absolute Gasteiger partial charge is 0.317 e. The van der Waals surface area contributed by atoms with Gasteiger partial charge in [0.25, 0.3) is 0 Å². The van der Waals surface area contributed by atoms with Crippen LogP contribution >= 0.6 is 0 Å². The molecule has 0 spiro atoms. The average Bonchev–Trinajstić information content (AvgIpc) is 2.28. The van der Waals surface area contributed by atoms with Crippen LogP contribution in [0.3, 0.4) is 0 Å². The first-order valence-corrected chi connectivity index (χ1v) is 7.55. The van der Waals surface area contributed by atoms with Gasteiger partial charge in [-0.25, -0.2) is 0 Å². The molecule has 0 bridgehead atoms. The van der Waals surface area contributed by atoms with Gasteiger partial charge in [0, 0.05) is 0 Å². The van der Waals surface area contributed by atoms with E-state index in [4.69, 9.17) is 0 Å². The van der Waals surface area contributed by atoms with Crippen molar-refractivity contribution in [2.24, 2.45) is 5.92 Å². The second kappa shape index (κ2) is 13.0. The van der Waals surface area contributed by atoms with Crippen molar-refractivity contribution in [1.29, 1.82) is 0 Å². The summed E-state index contributed by atoms with van der Waals surface area (Å²) in [6, 6.07) is 0. The molecule has 0 aromatic heterocycles. The minimum absolute atomic E-state index is 1.01. The fourth-order valence-electron chi connectivity index (χ4n) is 2.36. The maximum atomic E-state index is 3.52. The number of rotatable bonds is 12. The Balaban J connectivity index is 3.25. The zero-order chi connectivity index (χ0) is 12.1. The molecule has 0 unspecified atom stereocenters. The van der Waals surface area contributed by atoms with Crippen molar-refractivity contribution >= 4 is 0 Å². The second-order valence-electron chi connectivity index (χ2n) is 5.04. The molecule has 0 fully saturated rings. The molecular formula is C15H33N. The summed E-state index contributed by atoms with van der Waals surface area (Å²) in [6.45, 7) is 9.32. The molecule has 0 rings (SSSR count). The van der Waals surface area contributed by atoms with Crippen LogP contribution in [0.15, 0.2) is 0 Å². The van der Waals surface area contributed by atoms with Crippen molar-refractivity contribution in [1.82, 2.24) is 5.32 Å². The topological polar surface area (TPSA) is 12.0 Å². The summed E-state index contributed by atoms with van der Waals surface area (Å²) in [5.41, 5.74) is 0. The zero-order valence-corrected chi connectivity index (χ0v) is 11.9. The maximum absolute atomic E-state index is 3.52. The van der Waals surface area contributed by atoms with E-state index in [-0.39, 0.29) is 0 Å². The van der Waals surface area contributed by atoms with Crippen LogP contribution in [0.25, 0.3) is 0 Å². The van der Waals surface area contributed by atoms with E-state index in [1.54, 1.807) is 0 Å². The van der Waals surface area contributed by atoms with Crippen LogP contribution < -0.4 is 5.32 Å². The Kier molecular flexibility index (Phi) is 13.0. The Hall–Kier alpha value is -0.0400. The van der Waals surface area contributed by atoms with E-state index in [9.17, 15) is 0 Å². The Morgan fingerprint density at radius 1 is 0.688 bits per heavy atom. The molecule has 1 N–H and O–H groups in total. The first kappa shape index (κ1) is 16.0. The molecule has 0 heterocycles. The number of hydrogen-bond donors (Lipinski definition) is 1. The monoisotopic (exact) mass is 227 g/mol. The molecule has 0 aliphatic carbocycles. The van der Waals surface area contributed by atoms with E-state index < -0.39 is 0 Å². The molecule has 0 atom stereocenters. The fraction of sp³-hybridized carbons (Fsp3) is 1.00. The lowest BCUT2D eigenvalue weighted by Gasteiger charge is -2.14. The Morgan fingerprint density at radius 3 is 1.88 bits per heavy atom. The predicted octanol–water partition coefficient (Wildman–Crippen LogP) is 4.76. The predicted molar refractivity (Wildman–Crippen MR) is 74.9 cm³/mol. The van der Waals surface area contributed by atoms with E-state index in [0.717, 1.165) is 5.92 Å². The van der Waals surface area contributed by atoms with E-state index in [0.29, 0.717) is 0 Å². The third-order valence-corrected chi connectivity index (χ3v) is 3.32. The summed E-state index contributed by atoms with van der Waals surface area (Å²) >= 11 is 0. The highest BCUT2D eigenvalue weighted by Gasteiger charge is 2.05. The van der Waals surface area contributed by atoms with Crippen molar-refractivity contribution in [3.63, 3.8) is 0 Å². The van der Waals surface area contributed by atoms with Gasteiger partial charge < -0.3 is 5.32 Å². The Morgan fingerprint density at radius 2 is 1.31 bits per heavy atom. The van der Waals surface area contributed by atoms with Crippen molar-refractivity contribution in [3.8, 4) is 0 Å². The highest BCUT2D eigenvalue weighted by molar-refractivity contribution is 4.59. The molecule has 0 radical (unpaired) electrons. The van der Waals surface area contributed by atoms with Gasteiger partial charge in [-0.2, -0.15) is 0 Å². The van der Waals surface area contributed by atoms with E-state index >= 15 is 0 Å². The average molecular weight is 227 g/mol. The van der Waals surface area contributed by atoms with Crippen LogP contribution in [0.1, 0.15) is 78.6 Å². The van der Waals surface area contributed by atoms with Crippen LogP contribution in [0.2, 0.25) is 0 Å². The van der Waals surface area contributed by atoms with E-state index in [2.05, 4.69) is 26.1 Å². The number of unbranched alkanes of at least 4 members (excludes halogenated alkanes) is 2. The Labute approximate surface area is 103 Å². The molecule has 1 nitrogen and oxygen atoms in total. The normalized spacial score (nSPS) is 11.2. The van der Waals surface area contributed by atoms with Gasteiger partial charge in [0.2, 0.25) is 0 Å². The van der Waals surface area contributed by atoms with Gasteiger partial charge in [-0.3, -0.25) is 0 Å². The third-order valence-electron chi connectivity index (χ3n) is 3.32. The van der Waals surface area contributed by atoms with Gasteiger partial charge in [-0.1, -0.05) is 65.7 Å². The lowest BCUT2D eigenvalue weighted by molar-refractivity contribution is 0.392. The maximum Gasteiger partial charge on any atom is -0.00489 e. The van der Waals surface area contributed by atoms with Gasteiger partial charge in [0.15, 0.2) is 0 Å². The second-order valence-corrected chi connectivity index (χ2v) is 5.04. The zero-order valence-electron chi connectivity index (χ0n) is 11.9. The first-order valence-electron chi connectivity index (χ1n) is 7.55. The lowest BCUT2D eigenvalue weighted by Crippen LogP contribution is -2.16. The minimum atomic E-state index is 1.01.